The maximum Gasteiger partial charge on any atom is 0.159 e. The molecule has 0 unspecified atom stereocenters. The van der Waals surface area contributed by atoms with Crippen LogP contribution in [0.2, 0.25) is 0 Å². The summed E-state index contributed by atoms with van der Waals surface area (Å²) in [4.78, 5) is 4.67. The van der Waals surface area contributed by atoms with Crippen LogP contribution in [0.3, 0.4) is 0 Å². The highest BCUT2D eigenvalue weighted by atomic mass is 16.5. The van der Waals surface area contributed by atoms with Crippen molar-refractivity contribution in [1.82, 2.24) is 59.1 Å². The number of methoxy groups -OCH3 is 6. The summed E-state index contributed by atoms with van der Waals surface area (Å²) in [6.07, 6.45) is 17.2. The predicted molar refractivity (Wildman–Crippen MR) is 350 cm³/mol. The number of nitrogen functional groups attached to an aromatic ring is 1. The molecule has 6 heterocycles. The van der Waals surface area contributed by atoms with Gasteiger partial charge in [-0.15, -0.1) is 0 Å². The van der Waals surface area contributed by atoms with Gasteiger partial charge in [0.15, 0.2) is 5.82 Å². The lowest BCUT2D eigenvalue weighted by molar-refractivity contribution is 0.414. The third kappa shape index (κ3) is 15.9. The molecule has 0 amide bonds. The predicted octanol–water partition coefficient (Wildman–Crippen LogP) is 11.5. The van der Waals surface area contributed by atoms with Crippen molar-refractivity contribution in [2.45, 2.75) is 39.3 Å². The number of nitrogens with one attached hydrogen (secondary N) is 1. The maximum atomic E-state index is 5.63. The fraction of sp³-hybridized carbons (Fsp3) is 0.217. The highest BCUT2D eigenvalue weighted by Crippen LogP contribution is 2.36. The monoisotopic (exact) mass is 1210 g/mol. The molecule has 0 radical (unpaired) electrons. The summed E-state index contributed by atoms with van der Waals surface area (Å²) < 4.78 is 41.6. The van der Waals surface area contributed by atoms with Gasteiger partial charge in [0, 0.05) is 105 Å². The number of benzene rings is 6. The number of hydrogen-bond donors (Lipinski definition) is 2. The molecule has 3 N–H and O–H groups in total. The van der Waals surface area contributed by atoms with Gasteiger partial charge in [0.05, 0.1) is 86.7 Å². The molecule has 0 saturated carbocycles. The van der Waals surface area contributed by atoms with Crippen molar-refractivity contribution < 1.29 is 28.4 Å². The number of hydrogen-bond acceptors (Lipinski definition) is 15. The SMILES string of the molecule is COc1ccc(CN(Cc2ccc(OC)cc2)c2c(-c3cnn(C)c3)cnn2Cc2ccc(OC)cc2)cc1.COc1ccc(CN(Cc2ccc(OC)cc2)c2nn(Cc3ccc(OC)cc3)cc2-c2cnn(C)c2)cc1.Cn1cc(-c2cn[nH]c2N)cn1. The Morgan fingerprint density at radius 1 is 0.378 bits per heavy atom. The van der Waals surface area contributed by atoms with Gasteiger partial charge in [-0.1, -0.05) is 72.8 Å². The number of nitrogens with two attached hydrogens (primary N) is 1. The zero-order valence-corrected chi connectivity index (χ0v) is 52.1. The number of nitrogens with zero attached hydrogens (tertiary/aromatic N) is 13. The van der Waals surface area contributed by atoms with Crippen LogP contribution in [-0.4, -0.2) is 102 Å². The van der Waals surface area contributed by atoms with E-state index in [-0.39, 0.29) is 0 Å². The van der Waals surface area contributed by atoms with Crippen LogP contribution in [0.15, 0.2) is 201 Å². The molecule has 462 valence electrons. The lowest BCUT2D eigenvalue weighted by atomic mass is 10.1. The minimum atomic E-state index is 0.572. The first-order valence-corrected chi connectivity index (χ1v) is 29.0. The molecule has 12 rings (SSSR count). The summed E-state index contributed by atoms with van der Waals surface area (Å²) in [5, 5.41) is 29.4. The third-order valence-corrected chi connectivity index (χ3v) is 15.0. The van der Waals surface area contributed by atoms with Gasteiger partial charge in [0.2, 0.25) is 0 Å². The van der Waals surface area contributed by atoms with Crippen LogP contribution in [0.4, 0.5) is 17.5 Å². The molecule has 0 aliphatic carbocycles. The summed E-state index contributed by atoms with van der Waals surface area (Å²) >= 11 is 0. The number of aromatic nitrogens is 12. The summed E-state index contributed by atoms with van der Waals surface area (Å²) in [5.41, 5.74) is 18.5. The summed E-state index contributed by atoms with van der Waals surface area (Å²) in [5.74, 6) is 7.48. The van der Waals surface area contributed by atoms with Gasteiger partial charge in [-0.2, -0.15) is 30.6 Å². The number of H-pyrrole nitrogens is 1. The van der Waals surface area contributed by atoms with Crippen LogP contribution < -0.4 is 44.0 Å². The van der Waals surface area contributed by atoms with Crippen molar-refractivity contribution in [2.75, 3.05) is 58.2 Å². The lowest BCUT2D eigenvalue weighted by Crippen LogP contribution is -2.26. The third-order valence-electron chi connectivity index (χ3n) is 15.0. The Labute approximate surface area is 524 Å². The van der Waals surface area contributed by atoms with E-state index in [1.54, 1.807) is 59.7 Å². The molecule has 21 nitrogen and oxygen atoms in total. The second-order valence-electron chi connectivity index (χ2n) is 21.3. The van der Waals surface area contributed by atoms with E-state index in [4.69, 9.17) is 44.4 Å². The van der Waals surface area contributed by atoms with Crippen LogP contribution in [0, 0.1) is 0 Å². The van der Waals surface area contributed by atoms with Gasteiger partial charge in [0.25, 0.3) is 0 Å². The molecule has 0 fully saturated rings. The van der Waals surface area contributed by atoms with Gasteiger partial charge in [-0.25, -0.2) is 4.68 Å². The van der Waals surface area contributed by atoms with E-state index in [1.165, 1.54) is 11.1 Å². The van der Waals surface area contributed by atoms with Crippen LogP contribution in [0.25, 0.3) is 33.4 Å². The fourth-order valence-corrected chi connectivity index (χ4v) is 10.2. The molecule has 6 aromatic heterocycles. The van der Waals surface area contributed by atoms with E-state index in [1.807, 2.05) is 145 Å². The molecule has 0 aliphatic heterocycles. The smallest absolute Gasteiger partial charge is 0.159 e. The van der Waals surface area contributed by atoms with Crippen molar-refractivity contribution in [3.63, 3.8) is 0 Å². The van der Waals surface area contributed by atoms with Crippen LogP contribution in [0.1, 0.15) is 33.4 Å². The summed E-state index contributed by atoms with van der Waals surface area (Å²) in [7, 11) is 15.8. The highest BCUT2D eigenvalue weighted by Gasteiger charge is 2.23. The largest absolute Gasteiger partial charge is 0.497 e. The van der Waals surface area contributed by atoms with Crippen molar-refractivity contribution >= 4 is 17.5 Å². The molecule has 6 aromatic carbocycles. The molecular weight excluding hydrogens is 1130 g/mol. The first kappa shape index (κ1) is 61.9. The molecule has 21 heteroatoms. The molecule has 12 aromatic rings. The number of ether oxygens (including phenoxy) is 6. The molecule has 0 atom stereocenters. The van der Waals surface area contributed by atoms with Crippen molar-refractivity contribution in [1.29, 1.82) is 0 Å². The average Bonchev–Trinajstić information content (AvgIpc) is 1.69. The van der Waals surface area contributed by atoms with Gasteiger partial charge in [0.1, 0.15) is 46.1 Å². The number of aryl methyl sites for hydroxylation is 3. The van der Waals surface area contributed by atoms with Crippen LogP contribution in [0.5, 0.6) is 34.5 Å². The quantitative estimate of drug-likeness (QED) is 0.0611. The number of rotatable bonds is 23. The molecule has 0 saturated heterocycles. The molecular formula is C69H75N15O6. The average molecular weight is 1210 g/mol. The van der Waals surface area contributed by atoms with Gasteiger partial charge in [-0.3, -0.25) is 23.8 Å². The van der Waals surface area contributed by atoms with Crippen LogP contribution in [-0.2, 0) is 60.4 Å². The molecule has 0 bridgehead atoms. The Bertz CT molecular complexity index is 4010. The van der Waals surface area contributed by atoms with Crippen molar-refractivity contribution in [3.05, 3.63) is 235 Å². The maximum absolute atomic E-state index is 5.63. The molecule has 0 spiro atoms. The molecule has 0 aliphatic rings. The van der Waals surface area contributed by atoms with E-state index in [0.29, 0.717) is 45.1 Å². The minimum absolute atomic E-state index is 0.572. The zero-order valence-electron chi connectivity index (χ0n) is 52.1. The summed E-state index contributed by atoms with van der Waals surface area (Å²) in [6, 6.07) is 48.9. The fourth-order valence-electron chi connectivity index (χ4n) is 10.2. The first-order valence-electron chi connectivity index (χ1n) is 29.0. The number of anilines is 3. The summed E-state index contributed by atoms with van der Waals surface area (Å²) in [6.45, 7) is 3.94. The van der Waals surface area contributed by atoms with Crippen molar-refractivity contribution in [2.24, 2.45) is 21.1 Å². The Morgan fingerprint density at radius 2 is 0.722 bits per heavy atom. The van der Waals surface area contributed by atoms with E-state index >= 15 is 0 Å². The lowest BCUT2D eigenvalue weighted by Gasteiger charge is -2.27. The Kier molecular flexibility index (Phi) is 20.2. The Hall–Kier alpha value is -11.2. The Balaban J connectivity index is 0.000000167. The van der Waals surface area contributed by atoms with E-state index in [9.17, 15) is 0 Å². The Morgan fingerprint density at radius 3 is 1.07 bits per heavy atom. The van der Waals surface area contributed by atoms with E-state index in [2.05, 4.69) is 119 Å². The normalized spacial score (nSPS) is 10.8. The van der Waals surface area contributed by atoms with Crippen molar-refractivity contribution in [3.8, 4) is 67.9 Å². The highest BCUT2D eigenvalue weighted by molar-refractivity contribution is 5.76. The zero-order chi connectivity index (χ0) is 62.9. The van der Waals surface area contributed by atoms with Gasteiger partial charge >= 0.3 is 0 Å². The second kappa shape index (κ2) is 29.4. The topological polar surface area (TPSA) is 206 Å². The number of aromatic amines is 1. The van der Waals surface area contributed by atoms with Gasteiger partial charge in [-0.05, 0) is 106 Å². The minimum Gasteiger partial charge on any atom is -0.497 e. The molecule has 90 heavy (non-hydrogen) atoms. The van der Waals surface area contributed by atoms with E-state index in [0.717, 1.165) is 102 Å². The van der Waals surface area contributed by atoms with Gasteiger partial charge < -0.3 is 44.0 Å². The van der Waals surface area contributed by atoms with E-state index < -0.39 is 0 Å². The first-order chi connectivity index (χ1) is 43.9. The van der Waals surface area contributed by atoms with Crippen LogP contribution >= 0.6 is 0 Å². The second-order valence-corrected chi connectivity index (χ2v) is 21.3. The standard InChI is InChI=1S/2C31H33N5O3.C7H9N5/c1-34-22-26(17-32-34)30-18-33-36(21-25-9-15-29(39-4)16-10-25)31(30)35(19-23-5-11-27(37-2)12-6-23)20-24-7-13-28(38-3)14-8-24;1-34-21-26(17-32-34)30-22-36(20-25-9-15-29(39-4)16-10-25)33-31(30)35(18-23-5-11-27(37-2)12-6-23)19-24-7-13-28(38-3)14-8-24;1-12-4-5(2-10-12)6-3-9-11-7(6)8/h5-18,22H,19-21H2,1-4H3;5-17,21-22H,18-20H2,1-4H3;2-4H,1H3,(H3,8,9,11).